The van der Waals surface area contributed by atoms with Gasteiger partial charge in [-0.05, 0) is 48.7 Å². The standard InChI is InChI=1S/C22H25ClN4O5S/c1-4-14(5-2)21(28)15-6-8-16(9-7-15)24-25-20-13(3)26-27(22(20)29)19-12-17(33(30,31)32)10-11-18(19)23/h6-12,14,21,26,28H,4-5H2,1-3H3,(H,30,31,32). The van der Waals surface area contributed by atoms with Crippen LogP contribution >= 0.6 is 11.6 Å². The maximum atomic E-state index is 12.9. The normalized spacial score (nSPS) is 13.2. The van der Waals surface area contributed by atoms with Gasteiger partial charge in [0.2, 0.25) is 0 Å². The van der Waals surface area contributed by atoms with Crippen LogP contribution < -0.4 is 5.56 Å². The van der Waals surface area contributed by atoms with Crippen LogP contribution in [0.2, 0.25) is 5.02 Å². The van der Waals surface area contributed by atoms with Crippen molar-refractivity contribution in [3.05, 3.63) is 69.1 Å². The van der Waals surface area contributed by atoms with E-state index in [1.54, 1.807) is 31.2 Å². The van der Waals surface area contributed by atoms with Gasteiger partial charge in [-0.2, -0.15) is 13.5 Å². The van der Waals surface area contributed by atoms with Gasteiger partial charge < -0.3 is 5.11 Å². The Bertz CT molecular complexity index is 1330. The molecule has 1 atom stereocenters. The molecule has 0 amide bonds. The molecule has 9 nitrogen and oxygen atoms in total. The molecular weight excluding hydrogens is 468 g/mol. The first-order valence-electron chi connectivity index (χ1n) is 10.4. The average molecular weight is 493 g/mol. The third kappa shape index (κ3) is 5.41. The molecule has 1 unspecified atom stereocenters. The summed E-state index contributed by atoms with van der Waals surface area (Å²) in [7, 11) is -4.48. The number of aryl methyl sites for hydroxylation is 1. The zero-order valence-electron chi connectivity index (χ0n) is 18.4. The van der Waals surface area contributed by atoms with E-state index in [1.165, 1.54) is 6.07 Å². The first-order valence-corrected chi connectivity index (χ1v) is 12.2. The monoisotopic (exact) mass is 492 g/mol. The number of rotatable bonds is 8. The van der Waals surface area contributed by atoms with Crippen LogP contribution in [0.1, 0.15) is 44.1 Å². The Morgan fingerprint density at radius 3 is 2.30 bits per heavy atom. The van der Waals surface area contributed by atoms with Crippen molar-refractivity contribution in [2.75, 3.05) is 0 Å². The number of nitrogens with one attached hydrogen (secondary N) is 1. The largest absolute Gasteiger partial charge is 0.388 e. The van der Waals surface area contributed by atoms with Crippen molar-refractivity contribution in [3.8, 4) is 5.69 Å². The maximum absolute atomic E-state index is 12.9. The van der Waals surface area contributed by atoms with Crippen LogP contribution in [0.3, 0.4) is 0 Å². The third-order valence-corrected chi connectivity index (χ3v) is 6.66. The highest BCUT2D eigenvalue weighted by molar-refractivity contribution is 7.85. The van der Waals surface area contributed by atoms with Crippen LogP contribution in [0.15, 0.2) is 62.4 Å². The van der Waals surface area contributed by atoms with Crippen LogP contribution in [0.5, 0.6) is 0 Å². The molecule has 0 aliphatic heterocycles. The van der Waals surface area contributed by atoms with E-state index in [9.17, 15) is 22.9 Å². The molecule has 33 heavy (non-hydrogen) atoms. The van der Waals surface area contributed by atoms with Crippen LogP contribution in [0.25, 0.3) is 5.69 Å². The zero-order valence-corrected chi connectivity index (χ0v) is 19.9. The molecule has 0 saturated heterocycles. The van der Waals surface area contributed by atoms with Crippen LogP contribution in [-0.4, -0.2) is 27.9 Å². The molecule has 0 bridgehead atoms. The number of benzene rings is 2. The van der Waals surface area contributed by atoms with E-state index in [0.717, 1.165) is 35.2 Å². The minimum atomic E-state index is -4.48. The molecule has 0 fully saturated rings. The quantitative estimate of drug-likeness (QED) is 0.291. The molecule has 1 heterocycles. The van der Waals surface area contributed by atoms with Gasteiger partial charge in [0.15, 0.2) is 5.69 Å². The Balaban J connectivity index is 1.91. The van der Waals surface area contributed by atoms with E-state index in [-0.39, 0.29) is 22.3 Å². The number of hydrogen-bond acceptors (Lipinski definition) is 6. The molecule has 1 aromatic heterocycles. The highest BCUT2D eigenvalue weighted by Gasteiger charge is 2.19. The lowest BCUT2D eigenvalue weighted by molar-refractivity contribution is 0.103. The minimum absolute atomic E-state index is 0.0180. The summed E-state index contributed by atoms with van der Waals surface area (Å²) in [5.74, 6) is 0.171. The van der Waals surface area contributed by atoms with Crippen molar-refractivity contribution in [2.45, 2.75) is 44.6 Å². The van der Waals surface area contributed by atoms with Crippen molar-refractivity contribution >= 4 is 33.1 Å². The number of halogens is 1. The molecule has 176 valence electrons. The van der Waals surface area contributed by atoms with Crippen molar-refractivity contribution in [2.24, 2.45) is 16.1 Å². The van der Waals surface area contributed by atoms with E-state index in [1.807, 2.05) is 13.8 Å². The average Bonchev–Trinajstić information content (AvgIpc) is 3.06. The van der Waals surface area contributed by atoms with E-state index in [4.69, 9.17) is 11.6 Å². The predicted molar refractivity (Wildman–Crippen MR) is 126 cm³/mol. The lowest BCUT2D eigenvalue weighted by Gasteiger charge is -2.20. The van der Waals surface area contributed by atoms with Gasteiger partial charge in [0.05, 0.1) is 33.1 Å². The van der Waals surface area contributed by atoms with Crippen molar-refractivity contribution in [1.29, 1.82) is 0 Å². The van der Waals surface area contributed by atoms with Crippen LogP contribution in [-0.2, 0) is 10.1 Å². The summed E-state index contributed by atoms with van der Waals surface area (Å²) in [5, 5.41) is 21.5. The molecule has 2 aromatic carbocycles. The first kappa shape index (κ1) is 24.8. The second kappa shape index (κ2) is 10.0. The summed E-state index contributed by atoms with van der Waals surface area (Å²) < 4.78 is 33.2. The first-order chi connectivity index (χ1) is 15.6. The number of aliphatic hydroxyl groups is 1. The summed E-state index contributed by atoms with van der Waals surface area (Å²) in [6.07, 6.45) is 1.18. The molecule has 3 N–H and O–H groups in total. The Morgan fingerprint density at radius 1 is 1.09 bits per heavy atom. The highest BCUT2D eigenvalue weighted by Crippen LogP contribution is 2.29. The van der Waals surface area contributed by atoms with Gasteiger partial charge in [0, 0.05) is 0 Å². The molecule has 0 aliphatic carbocycles. The lowest BCUT2D eigenvalue weighted by Crippen LogP contribution is -2.15. The van der Waals surface area contributed by atoms with Gasteiger partial charge in [0.1, 0.15) is 0 Å². The van der Waals surface area contributed by atoms with Gasteiger partial charge in [-0.3, -0.25) is 14.4 Å². The van der Waals surface area contributed by atoms with Gasteiger partial charge in [-0.15, -0.1) is 5.11 Å². The third-order valence-electron chi connectivity index (χ3n) is 5.49. The SMILES string of the molecule is CCC(CC)C(O)c1ccc(N=Nc2c(C)[nH]n(-c3cc(S(=O)(=O)O)ccc3Cl)c2=O)cc1. The number of hydrogen-bond donors (Lipinski definition) is 3. The maximum Gasteiger partial charge on any atom is 0.299 e. The number of azo groups is 1. The Kier molecular flexibility index (Phi) is 7.53. The second-order valence-electron chi connectivity index (χ2n) is 7.63. The number of nitrogens with zero attached hydrogens (tertiary/aromatic N) is 3. The van der Waals surface area contributed by atoms with Gasteiger partial charge in [-0.25, -0.2) is 4.68 Å². The van der Waals surface area contributed by atoms with E-state index in [2.05, 4.69) is 15.3 Å². The molecule has 0 aliphatic rings. The fourth-order valence-corrected chi connectivity index (χ4v) is 4.21. The Labute approximate surface area is 196 Å². The topological polar surface area (TPSA) is 137 Å². The number of aromatic nitrogens is 2. The molecule has 3 rings (SSSR count). The summed E-state index contributed by atoms with van der Waals surface area (Å²) in [6.45, 7) is 5.69. The fraction of sp³-hybridized carbons (Fsp3) is 0.318. The molecule has 3 aromatic rings. The number of aliphatic hydroxyl groups excluding tert-OH is 1. The van der Waals surface area contributed by atoms with Crippen molar-refractivity contribution < 1.29 is 18.1 Å². The molecule has 0 spiro atoms. The second-order valence-corrected chi connectivity index (χ2v) is 9.46. The predicted octanol–water partition coefficient (Wildman–Crippen LogP) is 5.26. The van der Waals surface area contributed by atoms with E-state index in [0.29, 0.717) is 11.4 Å². The highest BCUT2D eigenvalue weighted by atomic mass is 35.5. The van der Waals surface area contributed by atoms with Gasteiger partial charge >= 0.3 is 0 Å². The zero-order chi connectivity index (χ0) is 24.3. The van der Waals surface area contributed by atoms with Crippen LogP contribution in [0, 0.1) is 12.8 Å². The van der Waals surface area contributed by atoms with E-state index >= 15 is 0 Å². The molecule has 0 radical (unpaired) electrons. The summed E-state index contributed by atoms with van der Waals surface area (Å²) in [6, 6.07) is 10.4. The summed E-state index contributed by atoms with van der Waals surface area (Å²) >= 11 is 6.14. The molecule has 11 heteroatoms. The molecular formula is C22H25ClN4O5S. The van der Waals surface area contributed by atoms with Crippen molar-refractivity contribution in [3.63, 3.8) is 0 Å². The van der Waals surface area contributed by atoms with E-state index < -0.39 is 26.7 Å². The lowest BCUT2D eigenvalue weighted by atomic mass is 9.91. The summed E-state index contributed by atoms with van der Waals surface area (Å²) in [5.41, 5.74) is 1.14. The van der Waals surface area contributed by atoms with Crippen LogP contribution in [0.4, 0.5) is 11.4 Å². The summed E-state index contributed by atoms with van der Waals surface area (Å²) in [4.78, 5) is 12.5. The van der Waals surface area contributed by atoms with Gasteiger partial charge in [0.25, 0.3) is 15.7 Å². The van der Waals surface area contributed by atoms with Crippen molar-refractivity contribution in [1.82, 2.24) is 9.78 Å². The smallest absolute Gasteiger partial charge is 0.299 e. The van der Waals surface area contributed by atoms with Gasteiger partial charge in [-0.1, -0.05) is 50.4 Å². The number of aromatic amines is 1. The molecule has 0 saturated carbocycles. The fourth-order valence-electron chi connectivity index (χ4n) is 3.50. The Morgan fingerprint density at radius 2 is 1.73 bits per heavy atom. The number of H-pyrrole nitrogens is 1. The minimum Gasteiger partial charge on any atom is -0.388 e. The Hall–Kier alpha value is -2.79.